The fourth-order valence-electron chi connectivity index (χ4n) is 4.70. The first-order chi connectivity index (χ1) is 15.4. The van der Waals surface area contributed by atoms with Gasteiger partial charge in [0.2, 0.25) is 5.91 Å². The third kappa shape index (κ3) is 5.21. The molecule has 7 nitrogen and oxygen atoms in total. The molecule has 32 heavy (non-hydrogen) atoms. The Kier molecular flexibility index (Phi) is 6.94. The van der Waals surface area contributed by atoms with E-state index in [1.807, 2.05) is 11.0 Å². The van der Waals surface area contributed by atoms with Gasteiger partial charge in [0.25, 0.3) is 0 Å². The van der Waals surface area contributed by atoms with Crippen molar-refractivity contribution in [3.63, 3.8) is 0 Å². The van der Waals surface area contributed by atoms with Crippen molar-refractivity contribution < 1.29 is 9.53 Å². The number of benzene rings is 1. The number of carbonyl (C=O) groups excluding carboxylic acids is 1. The molecule has 1 saturated heterocycles. The maximum absolute atomic E-state index is 12.0. The standard InChI is InChI=1S/C25H35N5O2/c1-17-7-8-23(18(2)14-17)32-13-10-26-25-21-16-30(19(3)31)12-9-22(21)27-24(28-25)20-6-5-11-29(4)15-20/h7-8,14,20H,5-6,9-13,15-16H2,1-4H3,(H,26,27,28). The summed E-state index contributed by atoms with van der Waals surface area (Å²) in [6, 6.07) is 6.23. The third-order valence-corrected chi connectivity index (χ3v) is 6.50. The minimum Gasteiger partial charge on any atom is -0.491 e. The molecule has 0 bridgehead atoms. The normalized spacial score (nSPS) is 18.9. The molecule has 172 valence electrons. The molecular formula is C25H35N5O2. The average molecular weight is 438 g/mol. The maximum atomic E-state index is 12.0. The molecule has 0 radical (unpaired) electrons. The van der Waals surface area contributed by atoms with E-state index in [9.17, 15) is 4.79 Å². The summed E-state index contributed by atoms with van der Waals surface area (Å²) in [7, 11) is 2.17. The lowest BCUT2D eigenvalue weighted by atomic mass is 9.96. The Morgan fingerprint density at radius 1 is 1.25 bits per heavy atom. The Morgan fingerprint density at radius 2 is 2.09 bits per heavy atom. The lowest BCUT2D eigenvalue weighted by molar-refractivity contribution is -0.129. The number of ether oxygens (including phenoxy) is 1. The number of anilines is 1. The van der Waals surface area contributed by atoms with E-state index in [0.717, 1.165) is 66.7 Å². The van der Waals surface area contributed by atoms with Gasteiger partial charge in [-0.1, -0.05) is 17.7 Å². The van der Waals surface area contributed by atoms with Crippen LogP contribution in [0.4, 0.5) is 5.82 Å². The van der Waals surface area contributed by atoms with E-state index < -0.39 is 0 Å². The molecule has 0 aliphatic carbocycles. The van der Waals surface area contributed by atoms with Gasteiger partial charge in [0.1, 0.15) is 24.0 Å². The van der Waals surface area contributed by atoms with E-state index in [0.29, 0.717) is 25.6 Å². The monoisotopic (exact) mass is 437 g/mol. The molecule has 2 aromatic rings. The molecule has 4 rings (SSSR count). The van der Waals surface area contributed by atoms with Gasteiger partial charge in [-0.3, -0.25) is 4.79 Å². The summed E-state index contributed by atoms with van der Waals surface area (Å²) in [5, 5.41) is 3.50. The van der Waals surface area contributed by atoms with Crippen molar-refractivity contribution in [3.8, 4) is 5.75 Å². The first-order valence-electron chi connectivity index (χ1n) is 11.7. The van der Waals surface area contributed by atoms with Gasteiger partial charge < -0.3 is 19.9 Å². The Hall–Kier alpha value is -2.67. The number of aryl methyl sites for hydroxylation is 2. The summed E-state index contributed by atoms with van der Waals surface area (Å²) in [6.45, 7) is 10.4. The van der Waals surface area contributed by atoms with Gasteiger partial charge in [0.05, 0.1) is 18.8 Å². The summed E-state index contributed by atoms with van der Waals surface area (Å²) in [5.74, 6) is 3.16. The molecule has 1 fully saturated rings. The summed E-state index contributed by atoms with van der Waals surface area (Å²) >= 11 is 0. The van der Waals surface area contributed by atoms with Crippen LogP contribution in [0.1, 0.15) is 53.9 Å². The average Bonchev–Trinajstić information content (AvgIpc) is 2.77. The number of rotatable bonds is 6. The Balaban J connectivity index is 1.50. The zero-order valence-corrected chi connectivity index (χ0v) is 19.8. The topological polar surface area (TPSA) is 70.6 Å². The Bertz CT molecular complexity index is 977. The van der Waals surface area contributed by atoms with Crippen molar-refractivity contribution in [2.24, 2.45) is 0 Å². The first-order valence-corrected chi connectivity index (χ1v) is 11.7. The lowest BCUT2D eigenvalue weighted by Gasteiger charge is -2.32. The molecule has 1 atom stereocenters. The van der Waals surface area contributed by atoms with Crippen LogP contribution >= 0.6 is 0 Å². The van der Waals surface area contributed by atoms with Crippen LogP contribution in [0, 0.1) is 13.8 Å². The summed E-state index contributed by atoms with van der Waals surface area (Å²) in [6.07, 6.45) is 3.07. The highest BCUT2D eigenvalue weighted by Crippen LogP contribution is 2.29. The van der Waals surface area contributed by atoms with Gasteiger partial charge in [0.15, 0.2) is 0 Å². The fourth-order valence-corrected chi connectivity index (χ4v) is 4.70. The van der Waals surface area contributed by atoms with Gasteiger partial charge in [-0.15, -0.1) is 0 Å². The third-order valence-electron chi connectivity index (χ3n) is 6.50. The SMILES string of the molecule is CC(=O)N1CCc2nc(C3CCCN(C)C3)nc(NCCOc3ccc(C)cc3C)c2C1. The molecule has 3 heterocycles. The van der Waals surface area contributed by atoms with Crippen molar-refractivity contribution >= 4 is 11.7 Å². The smallest absolute Gasteiger partial charge is 0.219 e. The predicted octanol–water partition coefficient (Wildman–Crippen LogP) is 3.30. The van der Waals surface area contributed by atoms with Crippen LogP contribution in [0.5, 0.6) is 5.75 Å². The van der Waals surface area contributed by atoms with E-state index in [1.54, 1.807) is 6.92 Å². The molecule has 1 aromatic carbocycles. The minimum absolute atomic E-state index is 0.0951. The zero-order chi connectivity index (χ0) is 22.7. The number of nitrogens with one attached hydrogen (secondary N) is 1. The molecule has 1 unspecified atom stereocenters. The fraction of sp³-hybridized carbons (Fsp3) is 0.560. The van der Waals surface area contributed by atoms with Crippen molar-refractivity contribution in [1.29, 1.82) is 0 Å². The number of hydrogen-bond acceptors (Lipinski definition) is 6. The molecule has 1 amide bonds. The second kappa shape index (κ2) is 9.86. The number of piperidine rings is 1. The molecule has 0 saturated carbocycles. The number of amides is 1. The van der Waals surface area contributed by atoms with Gasteiger partial charge >= 0.3 is 0 Å². The van der Waals surface area contributed by atoms with Crippen molar-refractivity contribution in [3.05, 3.63) is 46.4 Å². The zero-order valence-electron chi connectivity index (χ0n) is 19.8. The van der Waals surface area contributed by atoms with Gasteiger partial charge in [-0.25, -0.2) is 9.97 Å². The quantitative estimate of drug-likeness (QED) is 0.700. The first kappa shape index (κ1) is 22.5. The summed E-state index contributed by atoms with van der Waals surface area (Å²) in [5.41, 5.74) is 4.51. The molecule has 2 aliphatic rings. The highest BCUT2D eigenvalue weighted by Gasteiger charge is 2.27. The Labute approximate surface area is 191 Å². The van der Waals surface area contributed by atoms with E-state index in [1.165, 1.54) is 12.0 Å². The maximum Gasteiger partial charge on any atom is 0.219 e. The molecular weight excluding hydrogens is 402 g/mol. The predicted molar refractivity (Wildman–Crippen MR) is 126 cm³/mol. The highest BCUT2D eigenvalue weighted by atomic mass is 16.5. The summed E-state index contributed by atoms with van der Waals surface area (Å²) in [4.78, 5) is 26.2. The van der Waals surface area contributed by atoms with Crippen molar-refractivity contribution in [1.82, 2.24) is 19.8 Å². The van der Waals surface area contributed by atoms with E-state index in [4.69, 9.17) is 14.7 Å². The second-order valence-corrected chi connectivity index (χ2v) is 9.19. The van der Waals surface area contributed by atoms with Gasteiger partial charge in [-0.05, 0) is 51.9 Å². The molecule has 0 spiro atoms. The van der Waals surface area contributed by atoms with Gasteiger partial charge in [-0.2, -0.15) is 0 Å². The number of aromatic nitrogens is 2. The van der Waals surface area contributed by atoms with E-state index >= 15 is 0 Å². The number of carbonyl (C=O) groups is 1. The molecule has 2 aliphatic heterocycles. The lowest BCUT2D eigenvalue weighted by Crippen LogP contribution is -2.36. The number of likely N-dealkylation sites (tertiary alicyclic amines) is 1. The Morgan fingerprint density at radius 3 is 2.84 bits per heavy atom. The number of likely N-dealkylation sites (N-methyl/N-ethyl adjacent to an activating group) is 1. The van der Waals surface area contributed by atoms with Crippen LogP contribution < -0.4 is 10.1 Å². The largest absolute Gasteiger partial charge is 0.491 e. The molecule has 7 heteroatoms. The van der Waals surface area contributed by atoms with Crippen molar-refractivity contribution in [2.45, 2.75) is 52.5 Å². The minimum atomic E-state index is 0.0951. The van der Waals surface area contributed by atoms with Crippen LogP contribution in [0.15, 0.2) is 18.2 Å². The highest BCUT2D eigenvalue weighted by molar-refractivity contribution is 5.74. The van der Waals surface area contributed by atoms with Crippen LogP contribution in [0.3, 0.4) is 0 Å². The van der Waals surface area contributed by atoms with Gasteiger partial charge in [0, 0.05) is 37.9 Å². The van der Waals surface area contributed by atoms with Crippen LogP contribution in [-0.4, -0.2) is 65.5 Å². The number of fused-ring (bicyclic) bond motifs is 1. The van der Waals surface area contributed by atoms with E-state index in [-0.39, 0.29) is 5.91 Å². The van der Waals surface area contributed by atoms with Crippen LogP contribution in [0.25, 0.3) is 0 Å². The van der Waals surface area contributed by atoms with Crippen LogP contribution in [-0.2, 0) is 17.8 Å². The van der Waals surface area contributed by atoms with Crippen molar-refractivity contribution in [2.75, 3.05) is 45.2 Å². The number of hydrogen-bond donors (Lipinski definition) is 1. The van der Waals surface area contributed by atoms with Crippen LogP contribution in [0.2, 0.25) is 0 Å². The molecule has 1 N–H and O–H groups in total. The summed E-state index contributed by atoms with van der Waals surface area (Å²) < 4.78 is 6.00. The second-order valence-electron chi connectivity index (χ2n) is 9.19. The van der Waals surface area contributed by atoms with E-state index in [2.05, 4.69) is 43.2 Å². The number of nitrogens with zero attached hydrogens (tertiary/aromatic N) is 4. The molecule has 1 aromatic heterocycles.